The zero-order valence-corrected chi connectivity index (χ0v) is 16.6. The van der Waals surface area contributed by atoms with Crippen LogP contribution in [0.25, 0.3) is 0 Å². The minimum atomic E-state index is -0.186. The molecule has 4 heteroatoms. The number of carbonyl (C=O) groups excluding carboxylic acids is 1. The van der Waals surface area contributed by atoms with Crippen molar-refractivity contribution in [2.45, 2.75) is 20.0 Å². The maximum atomic E-state index is 12.5. The molecule has 3 N–H and O–H groups in total. The van der Waals surface area contributed by atoms with Crippen molar-refractivity contribution in [3.8, 4) is 12.3 Å². The van der Waals surface area contributed by atoms with Gasteiger partial charge in [0.05, 0.1) is 17.9 Å². The van der Waals surface area contributed by atoms with Crippen LogP contribution in [0.4, 0.5) is 11.4 Å². The molecule has 29 heavy (non-hydrogen) atoms. The van der Waals surface area contributed by atoms with Gasteiger partial charge in [-0.05, 0) is 42.3 Å². The summed E-state index contributed by atoms with van der Waals surface area (Å²) in [7, 11) is 0. The Morgan fingerprint density at radius 2 is 1.55 bits per heavy atom. The molecule has 0 saturated carbocycles. The van der Waals surface area contributed by atoms with Crippen molar-refractivity contribution in [2.24, 2.45) is 0 Å². The number of hydrogen-bond acceptors (Lipinski definition) is 3. The first kappa shape index (κ1) is 20.2. The summed E-state index contributed by atoms with van der Waals surface area (Å²) < 4.78 is 0. The highest BCUT2D eigenvalue weighted by molar-refractivity contribution is 6.05. The van der Waals surface area contributed by atoms with Crippen molar-refractivity contribution in [1.29, 1.82) is 0 Å². The molecule has 1 amide bonds. The lowest BCUT2D eigenvalue weighted by Gasteiger charge is -2.20. The number of rotatable bonds is 7. The van der Waals surface area contributed by atoms with Crippen molar-refractivity contribution in [2.75, 3.05) is 17.6 Å². The third-order valence-electron chi connectivity index (χ3n) is 4.67. The highest BCUT2D eigenvalue weighted by Gasteiger charge is 2.10. The number of amides is 1. The first-order valence-electron chi connectivity index (χ1n) is 9.51. The SMILES string of the molecule is C#CCN(Cc1ccc(C)cc1)Cc1ccc(C(=O)Nc2ccccc2N)cc1. The monoisotopic (exact) mass is 383 g/mol. The molecule has 0 fully saturated rings. The molecule has 3 rings (SSSR count). The molecule has 0 heterocycles. The fraction of sp³-hybridized carbons (Fsp3) is 0.160. The van der Waals surface area contributed by atoms with Crippen molar-refractivity contribution < 1.29 is 4.79 Å². The summed E-state index contributed by atoms with van der Waals surface area (Å²) in [5.74, 6) is 2.55. The zero-order valence-electron chi connectivity index (χ0n) is 16.6. The third-order valence-corrected chi connectivity index (χ3v) is 4.67. The minimum Gasteiger partial charge on any atom is -0.397 e. The van der Waals surface area contributed by atoms with E-state index in [0.29, 0.717) is 30.0 Å². The average Bonchev–Trinajstić information content (AvgIpc) is 2.72. The van der Waals surface area contributed by atoms with E-state index in [1.54, 1.807) is 12.1 Å². The molecule has 0 aliphatic carbocycles. The minimum absolute atomic E-state index is 0.186. The van der Waals surface area contributed by atoms with Crippen LogP contribution in [0.5, 0.6) is 0 Å². The number of anilines is 2. The van der Waals surface area contributed by atoms with Crippen LogP contribution in [0.3, 0.4) is 0 Å². The average molecular weight is 383 g/mol. The molecule has 0 saturated heterocycles. The Morgan fingerprint density at radius 1 is 0.966 bits per heavy atom. The Labute approximate surface area is 172 Å². The number of aryl methyl sites for hydroxylation is 1. The maximum absolute atomic E-state index is 12.5. The molecule has 0 unspecified atom stereocenters. The quantitative estimate of drug-likeness (QED) is 0.468. The molecule has 0 bridgehead atoms. The van der Waals surface area contributed by atoms with E-state index < -0.39 is 0 Å². The predicted molar refractivity (Wildman–Crippen MR) is 119 cm³/mol. The number of nitrogens with zero attached hydrogens (tertiary/aromatic N) is 1. The summed E-state index contributed by atoms with van der Waals surface area (Å²) in [5, 5.41) is 2.84. The summed E-state index contributed by atoms with van der Waals surface area (Å²) >= 11 is 0. The lowest BCUT2D eigenvalue weighted by Crippen LogP contribution is -2.23. The van der Waals surface area contributed by atoms with E-state index in [2.05, 4.69) is 47.3 Å². The molecule has 0 aromatic heterocycles. The van der Waals surface area contributed by atoms with E-state index in [4.69, 9.17) is 12.2 Å². The Morgan fingerprint density at radius 3 is 2.14 bits per heavy atom. The van der Waals surface area contributed by atoms with Gasteiger partial charge in [0.2, 0.25) is 0 Å². The van der Waals surface area contributed by atoms with Gasteiger partial charge in [0.1, 0.15) is 0 Å². The number of hydrogen-bond donors (Lipinski definition) is 2. The van der Waals surface area contributed by atoms with Crippen LogP contribution < -0.4 is 11.1 Å². The number of benzene rings is 3. The van der Waals surface area contributed by atoms with Gasteiger partial charge in [0.25, 0.3) is 5.91 Å². The number of nitrogen functional groups attached to an aromatic ring is 1. The van der Waals surface area contributed by atoms with Gasteiger partial charge in [0, 0.05) is 18.7 Å². The second-order valence-corrected chi connectivity index (χ2v) is 7.07. The first-order valence-corrected chi connectivity index (χ1v) is 9.51. The highest BCUT2D eigenvalue weighted by atomic mass is 16.1. The van der Waals surface area contributed by atoms with E-state index in [0.717, 1.165) is 12.1 Å². The fourth-order valence-electron chi connectivity index (χ4n) is 3.07. The van der Waals surface area contributed by atoms with Crippen molar-refractivity contribution in [3.05, 3.63) is 95.1 Å². The van der Waals surface area contributed by atoms with E-state index in [-0.39, 0.29) is 5.91 Å². The number of terminal acetylenes is 1. The summed E-state index contributed by atoms with van der Waals surface area (Å²) in [6.45, 7) is 4.13. The molecule has 0 atom stereocenters. The first-order chi connectivity index (χ1) is 14.0. The second kappa shape index (κ2) is 9.59. The van der Waals surface area contributed by atoms with Crippen molar-refractivity contribution >= 4 is 17.3 Å². The third kappa shape index (κ3) is 5.71. The van der Waals surface area contributed by atoms with Crippen LogP contribution in [0.2, 0.25) is 0 Å². The van der Waals surface area contributed by atoms with Gasteiger partial charge in [-0.2, -0.15) is 0 Å². The van der Waals surface area contributed by atoms with Crippen LogP contribution in [0, 0.1) is 19.3 Å². The Bertz CT molecular complexity index is 1000. The van der Waals surface area contributed by atoms with E-state index in [1.807, 2.05) is 36.4 Å². The smallest absolute Gasteiger partial charge is 0.255 e. The van der Waals surface area contributed by atoms with Gasteiger partial charge in [-0.15, -0.1) is 6.42 Å². The number of nitrogens with one attached hydrogen (secondary N) is 1. The van der Waals surface area contributed by atoms with E-state index in [1.165, 1.54) is 11.1 Å². The van der Waals surface area contributed by atoms with Crippen LogP contribution in [-0.2, 0) is 13.1 Å². The Kier molecular flexibility index (Phi) is 6.67. The largest absolute Gasteiger partial charge is 0.397 e. The highest BCUT2D eigenvalue weighted by Crippen LogP contribution is 2.18. The summed E-state index contributed by atoms with van der Waals surface area (Å²) in [6, 6.07) is 23.2. The fourth-order valence-corrected chi connectivity index (χ4v) is 3.07. The summed E-state index contributed by atoms with van der Waals surface area (Å²) in [6.07, 6.45) is 5.56. The van der Waals surface area contributed by atoms with Gasteiger partial charge in [-0.1, -0.05) is 60.0 Å². The molecule has 0 radical (unpaired) electrons. The standard InChI is InChI=1S/C25H25N3O/c1-3-16-28(17-20-10-8-19(2)9-11-20)18-21-12-14-22(15-13-21)25(29)27-24-7-5-4-6-23(24)26/h1,4-15H,16-18,26H2,2H3,(H,27,29). The molecule has 146 valence electrons. The molecular weight excluding hydrogens is 358 g/mol. The molecule has 0 spiro atoms. The summed E-state index contributed by atoms with van der Waals surface area (Å²) in [5.41, 5.74) is 11.2. The Hall–Kier alpha value is -3.55. The molecular formula is C25H25N3O. The van der Waals surface area contributed by atoms with Crippen molar-refractivity contribution in [3.63, 3.8) is 0 Å². The number of nitrogens with two attached hydrogens (primary N) is 1. The molecule has 3 aromatic rings. The topological polar surface area (TPSA) is 58.4 Å². The van der Waals surface area contributed by atoms with Crippen LogP contribution in [0.15, 0.2) is 72.8 Å². The van der Waals surface area contributed by atoms with E-state index in [9.17, 15) is 4.79 Å². The van der Waals surface area contributed by atoms with E-state index >= 15 is 0 Å². The molecule has 3 aromatic carbocycles. The summed E-state index contributed by atoms with van der Waals surface area (Å²) in [4.78, 5) is 14.7. The van der Waals surface area contributed by atoms with Gasteiger partial charge < -0.3 is 11.1 Å². The second-order valence-electron chi connectivity index (χ2n) is 7.07. The lowest BCUT2D eigenvalue weighted by atomic mass is 10.1. The maximum Gasteiger partial charge on any atom is 0.255 e. The van der Waals surface area contributed by atoms with Gasteiger partial charge in [-0.3, -0.25) is 9.69 Å². The van der Waals surface area contributed by atoms with Gasteiger partial charge in [-0.25, -0.2) is 0 Å². The zero-order chi connectivity index (χ0) is 20.6. The molecule has 0 aliphatic heterocycles. The normalized spacial score (nSPS) is 10.5. The molecule has 4 nitrogen and oxygen atoms in total. The van der Waals surface area contributed by atoms with Crippen molar-refractivity contribution in [1.82, 2.24) is 4.90 Å². The van der Waals surface area contributed by atoms with Gasteiger partial charge >= 0.3 is 0 Å². The lowest BCUT2D eigenvalue weighted by molar-refractivity contribution is 0.102. The van der Waals surface area contributed by atoms with Crippen LogP contribution >= 0.6 is 0 Å². The van der Waals surface area contributed by atoms with Crippen LogP contribution in [-0.4, -0.2) is 17.4 Å². The Balaban J connectivity index is 1.64. The molecule has 0 aliphatic rings. The van der Waals surface area contributed by atoms with Crippen LogP contribution in [0.1, 0.15) is 27.0 Å². The predicted octanol–water partition coefficient (Wildman–Crippen LogP) is 4.46. The van der Waals surface area contributed by atoms with Gasteiger partial charge in [0.15, 0.2) is 0 Å². The number of para-hydroxylation sites is 2. The number of carbonyl (C=O) groups is 1.